The van der Waals surface area contributed by atoms with Crippen LogP contribution in [0.4, 0.5) is 5.69 Å². The van der Waals surface area contributed by atoms with Crippen LogP contribution in [0.15, 0.2) is 108 Å². The van der Waals surface area contributed by atoms with E-state index in [0.717, 1.165) is 40.6 Å². The zero-order valence-corrected chi connectivity index (χ0v) is 18.8. The number of benzene rings is 3. The summed E-state index contributed by atoms with van der Waals surface area (Å²) < 4.78 is 6.60. The van der Waals surface area contributed by atoms with Gasteiger partial charge in [0.25, 0.3) is 0 Å². The SMILES string of the molecule is CN1CC=C2NN(c3ccccc3Cl)CC2=C1COC(c1ccccc1)c1ccccc1. The Balaban J connectivity index is 1.42. The molecule has 0 aromatic heterocycles. The van der Waals surface area contributed by atoms with Crippen LogP contribution in [0.3, 0.4) is 0 Å². The van der Waals surface area contributed by atoms with Gasteiger partial charge in [0, 0.05) is 24.9 Å². The van der Waals surface area contributed by atoms with Gasteiger partial charge in [0.05, 0.1) is 29.6 Å². The summed E-state index contributed by atoms with van der Waals surface area (Å²) in [5.74, 6) is 0. The molecule has 0 bridgehead atoms. The number of hydrazine groups is 1. The summed E-state index contributed by atoms with van der Waals surface area (Å²) in [6, 6.07) is 28.7. The van der Waals surface area contributed by atoms with E-state index in [2.05, 4.69) is 77.0 Å². The average molecular weight is 444 g/mol. The molecule has 1 N–H and O–H groups in total. The van der Waals surface area contributed by atoms with Gasteiger partial charge in [-0.05, 0) is 29.3 Å². The lowest BCUT2D eigenvalue weighted by Crippen LogP contribution is -2.30. The lowest BCUT2D eigenvalue weighted by molar-refractivity contribution is 0.0857. The number of hydrogen-bond donors (Lipinski definition) is 1. The fourth-order valence-corrected chi connectivity index (χ4v) is 4.53. The van der Waals surface area contributed by atoms with Crippen LogP contribution in [0.25, 0.3) is 0 Å². The Kier molecular flexibility index (Phi) is 5.89. The maximum absolute atomic E-state index is 6.60. The van der Waals surface area contributed by atoms with Crippen LogP contribution in [0.5, 0.6) is 0 Å². The fourth-order valence-electron chi connectivity index (χ4n) is 4.30. The second-order valence-electron chi connectivity index (χ2n) is 8.09. The number of halogens is 1. The van der Waals surface area contributed by atoms with Crippen molar-refractivity contribution in [2.45, 2.75) is 6.10 Å². The van der Waals surface area contributed by atoms with Crippen molar-refractivity contribution in [2.75, 3.05) is 31.8 Å². The topological polar surface area (TPSA) is 27.7 Å². The first-order valence-corrected chi connectivity index (χ1v) is 11.2. The van der Waals surface area contributed by atoms with E-state index in [1.54, 1.807) is 0 Å². The zero-order chi connectivity index (χ0) is 21.9. The first-order chi connectivity index (χ1) is 15.7. The smallest absolute Gasteiger partial charge is 0.108 e. The number of likely N-dealkylation sites (N-methyl/N-ethyl adjacent to an activating group) is 1. The Labute approximate surface area is 194 Å². The zero-order valence-electron chi connectivity index (χ0n) is 18.0. The number of para-hydroxylation sites is 1. The number of ether oxygens (including phenoxy) is 1. The van der Waals surface area contributed by atoms with Gasteiger partial charge < -0.3 is 9.64 Å². The Morgan fingerprint density at radius 2 is 1.53 bits per heavy atom. The summed E-state index contributed by atoms with van der Waals surface area (Å²) in [6.45, 7) is 2.10. The van der Waals surface area contributed by atoms with E-state index in [-0.39, 0.29) is 6.10 Å². The van der Waals surface area contributed by atoms with Crippen LogP contribution in [0.1, 0.15) is 17.2 Å². The highest BCUT2D eigenvalue weighted by atomic mass is 35.5. The molecular formula is C27H26ClN3O. The van der Waals surface area contributed by atoms with Crippen LogP contribution < -0.4 is 10.4 Å². The Hall–Kier alpha value is -3.21. The average Bonchev–Trinajstić information content (AvgIpc) is 3.26. The third kappa shape index (κ3) is 4.12. The molecule has 0 aliphatic carbocycles. The van der Waals surface area contributed by atoms with Crippen LogP contribution in [-0.2, 0) is 4.74 Å². The highest BCUT2D eigenvalue weighted by molar-refractivity contribution is 6.33. The summed E-state index contributed by atoms with van der Waals surface area (Å²) in [4.78, 5) is 2.27. The van der Waals surface area contributed by atoms with Crippen LogP contribution in [0.2, 0.25) is 5.02 Å². The van der Waals surface area contributed by atoms with Crippen LogP contribution in [0, 0.1) is 0 Å². The Morgan fingerprint density at radius 1 is 0.906 bits per heavy atom. The van der Waals surface area contributed by atoms with Crippen LogP contribution in [-0.4, -0.2) is 31.6 Å². The molecule has 0 amide bonds. The molecule has 32 heavy (non-hydrogen) atoms. The number of hydrogen-bond acceptors (Lipinski definition) is 4. The first-order valence-electron chi connectivity index (χ1n) is 10.8. The molecule has 3 aromatic rings. The van der Waals surface area contributed by atoms with E-state index in [0.29, 0.717) is 6.61 Å². The maximum atomic E-state index is 6.60. The predicted molar refractivity (Wildman–Crippen MR) is 130 cm³/mol. The van der Waals surface area contributed by atoms with Gasteiger partial charge >= 0.3 is 0 Å². The van der Waals surface area contributed by atoms with E-state index in [4.69, 9.17) is 16.3 Å². The highest BCUT2D eigenvalue weighted by Crippen LogP contribution is 2.34. The molecule has 5 rings (SSSR count). The van der Waals surface area contributed by atoms with Crippen molar-refractivity contribution in [2.24, 2.45) is 0 Å². The van der Waals surface area contributed by atoms with E-state index >= 15 is 0 Å². The van der Waals surface area contributed by atoms with Gasteiger partial charge in [-0.25, -0.2) is 0 Å². The third-order valence-electron chi connectivity index (χ3n) is 6.01. The van der Waals surface area contributed by atoms with Gasteiger partial charge in [-0.1, -0.05) is 84.4 Å². The molecule has 2 aliphatic heterocycles. The standard InChI is InChI=1S/C27H26ClN3O/c1-30-17-16-24-22(18-31(29-24)25-15-9-8-14-23(25)28)26(30)19-32-27(20-10-4-2-5-11-20)21-12-6-3-7-13-21/h2-16,27,29H,17-19H2,1H3. The van der Waals surface area contributed by atoms with E-state index < -0.39 is 0 Å². The molecule has 2 aliphatic rings. The van der Waals surface area contributed by atoms with Crippen molar-refractivity contribution in [1.82, 2.24) is 10.3 Å². The summed E-state index contributed by atoms with van der Waals surface area (Å²) >= 11 is 6.45. The molecule has 5 heteroatoms. The quantitative estimate of drug-likeness (QED) is 0.540. The monoisotopic (exact) mass is 443 g/mol. The molecular weight excluding hydrogens is 418 g/mol. The van der Waals surface area contributed by atoms with Crippen molar-refractivity contribution < 1.29 is 4.74 Å². The second kappa shape index (κ2) is 9.11. The molecule has 0 saturated carbocycles. The molecule has 1 saturated heterocycles. The number of nitrogens with zero attached hydrogens (tertiary/aromatic N) is 2. The molecule has 0 spiro atoms. The van der Waals surface area contributed by atoms with Gasteiger partial charge in [-0.15, -0.1) is 0 Å². The lowest BCUT2D eigenvalue weighted by atomic mass is 10.0. The van der Waals surface area contributed by atoms with Crippen molar-refractivity contribution in [1.29, 1.82) is 0 Å². The lowest BCUT2D eigenvalue weighted by Gasteiger charge is -2.29. The van der Waals surface area contributed by atoms with Gasteiger partial charge in [-0.2, -0.15) is 0 Å². The van der Waals surface area contributed by atoms with Gasteiger partial charge in [0.1, 0.15) is 6.10 Å². The Morgan fingerprint density at radius 3 is 2.19 bits per heavy atom. The summed E-state index contributed by atoms with van der Waals surface area (Å²) in [6.07, 6.45) is 2.10. The molecule has 0 radical (unpaired) electrons. The summed E-state index contributed by atoms with van der Waals surface area (Å²) in [5, 5.41) is 2.84. The Bertz CT molecular complexity index is 1100. The van der Waals surface area contributed by atoms with Crippen molar-refractivity contribution in [3.63, 3.8) is 0 Å². The molecule has 3 aromatic carbocycles. The summed E-state index contributed by atoms with van der Waals surface area (Å²) in [5.41, 5.74) is 10.4. The largest absolute Gasteiger partial charge is 0.372 e. The minimum atomic E-state index is -0.123. The van der Waals surface area contributed by atoms with Crippen molar-refractivity contribution in [3.05, 3.63) is 124 Å². The number of rotatable bonds is 6. The van der Waals surface area contributed by atoms with E-state index in [1.807, 2.05) is 36.4 Å². The molecule has 2 heterocycles. The van der Waals surface area contributed by atoms with Crippen molar-refractivity contribution in [3.8, 4) is 0 Å². The molecule has 0 atom stereocenters. The number of anilines is 1. The molecule has 162 valence electrons. The van der Waals surface area contributed by atoms with Gasteiger partial charge in [-0.3, -0.25) is 10.4 Å². The second-order valence-corrected chi connectivity index (χ2v) is 8.49. The van der Waals surface area contributed by atoms with E-state index in [9.17, 15) is 0 Å². The molecule has 0 unspecified atom stereocenters. The summed E-state index contributed by atoms with van der Waals surface area (Å²) in [7, 11) is 2.12. The van der Waals surface area contributed by atoms with E-state index in [1.165, 1.54) is 11.3 Å². The number of fused-ring (bicyclic) bond motifs is 1. The minimum Gasteiger partial charge on any atom is -0.372 e. The molecule has 1 fully saturated rings. The molecule has 4 nitrogen and oxygen atoms in total. The van der Waals surface area contributed by atoms with Crippen molar-refractivity contribution >= 4 is 17.3 Å². The van der Waals surface area contributed by atoms with Gasteiger partial charge in [0.2, 0.25) is 0 Å². The number of nitrogens with one attached hydrogen (secondary N) is 1. The van der Waals surface area contributed by atoms with Gasteiger partial charge in [0.15, 0.2) is 0 Å². The highest BCUT2D eigenvalue weighted by Gasteiger charge is 2.30. The normalized spacial score (nSPS) is 15.7. The fraction of sp³-hybridized carbons (Fsp3) is 0.185. The third-order valence-corrected chi connectivity index (χ3v) is 6.33. The minimum absolute atomic E-state index is 0.123. The van der Waals surface area contributed by atoms with Crippen LogP contribution >= 0.6 is 11.6 Å². The maximum Gasteiger partial charge on any atom is 0.108 e. The predicted octanol–water partition coefficient (Wildman–Crippen LogP) is 5.55. The first kappa shape index (κ1) is 20.7.